The van der Waals surface area contributed by atoms with Gasteiger partial charge in [0.05, 0.1) is 24.3 Å². The lowest BCUT2D eigenvalue weighted by Gasteiger charge is -2.08. The molecule has 2 aromatic carbocycles. The Hall–Kier alpha value is -4.59. The van der Waals surface area contributed by atoms with Crippen LogP contribution < -0.4 is 10.1 Å². The second kappa shape index (κ2) is 14.6. The third kappa shape index (κ3) is 9.34. The second-order valence-electron chi connectivity index (χ2n) is 7.25. The van der Waals surface area contributed by atoms with Crippen molar-refractivity contribution >= 4 is 23.6 Å². The number of rotatable bonds is 13. The van der Waals surface area contributed by atoms with Crippen LogP contribution in [0, 0.1) is 0 Å². The fourth-order valence-corrected chi connectivity index (χ4v) is 2.69. The van der Waals surface area contributed by atoms with Crippen LogP contribution in [0.2, 0.25) is 0 Å². The van der Waals surface area contributed by atoms with Crippen LogP contribution >= 0.6 is 0 Å². The van der Waals surface area contributed by atoms with Gasteiger partial charge in [-0.3, -0.25) is 0 Å². The first kappa shape index (κ1) is 27.7. The van der Waals surface area contributed by atoms with Gasteiger partial charge in [0.25, 0.3) is 0 Å². The Morgan fingerprint density at radius 2 is 1.44 bits per heavy atom. The predicted octanol–water partition coefficient (Wildman–Crippen LogP) is 5.21. The zero-order valence-electron chi connectivity index (χ0n) is 20.3. The van der Waals surface area contributed by atoms with Gasteiger partial charge in [-0.1, -0.05) is 13.2 Å². The average Bonchev–Trinajstić information content (AvgIpc) is 2.90. The first-order chi connectivity index (χ1) is 17.4. The van der Waals surface area contributed by atoms with Crippen molar-refractivity contribution in [3.05, 3.63) is 109 Å². The third-order valence-corrected chi connectivity index (χ3v) is 4.62. The van der Waals surface area contributed by atoms with Crippen LogP contribution in [0.4, 0.5) is 5.69 Å². The maximum atomic E-state index is 12.5. The highest BCUT2D eigenvalue weighted by atomic mass is 16.5. The number of anilines is 1. The summed E-state index contributed by atoms with van der Waals surface area (Å²) in [7, 11) is 1.79. The Morgan fingerprint density at radius 3 is 2.03 bits per heavy atom. The molecule has 1 N–H and O–H groups in total. The maximum absolute atomic E-state index is 12.5. The van der Waals surface area contributed by atoms with Gasteiger partial charge in [-0.2, -0.15) is 0 Å². The molecule has 0 saturated carbocycles. The number of hydrogen-bond donors (Lipinski definition) is 1. The number of ether oxygens (including phenoxy) is 4. The monoisotopic (exact) mass is 491 g/mol. The van der Waals surface area contributed by atoms with Crippen molar-refractivity contribution in [3.63, 3.8) is 0 Å². The summed E-state index contributed by atoms with van der Waals surface area (Å²) in [6, 6.07) is 13.3. The average molecular weight is 492 g/mol. The fourth-order valence-electron chi connectivity index (χ4n) is 2.69. The van der Waals surface area contributed by atoms with Gasteiger partial charge in [-0.15, -0.1) is 0 Å². The fraction of sp³-hybridized carbons (Fsp3) is 0.179. The molecule has 0 spiro atoms. The van der Waals surface area contributed by atoms with E-state index in [0.29, 0.717) is 35.7 Å². The minimum atomic E-state index is -0.586. The molecule has 8 heteroatoms. The van der Waals surface area contributed by atoms with Crippen molar-refractivity contribution in [2.75, 3.05) is 25.6 Å². The highest BCUT2D eigenvalue weighted by molar-refractivity contribution is 5.91. The molecule has 0 radical (unpaired) electrons. The molecule has 0 aliphatic rings. The summed E-state index contributed by atoms with van der Waals surface area (Å²) in [6.07, 6.45) is 5.98. The van der Waals surface area contributed by atoms with Crippen molar-refractivity contribution in [1.29, 1.82) is 0 Å². The topological polar surface area (TPSA) is 100 Å². The van der Waals surface area contributed by atoms with Gasteiger partial charge in [0.1, 0.15) is 17.3 Å². The number of carbonyl (C=O) groups is 3. The molecule has 0 aliphatic carbocycles. The number of carbonyl (C=O) groups excluding carboxylic acids is 3. The Balaban J connectivity index is 1.87. The van der Waals surface area contributed by atoms with E-state index in [0.717, 1.165) is 11.8 Å². The SMILES string of the molecule is C=CC(=O)OCCCOc1ccc(C(=O)O/C(C=C)=C/C=C(\C)OC(=O)c2ccc(NC)cc2)cc1. The van der Waals surface area contributed by atoms with E-state index in [4.69, 9.17) is 18.9 Å². The molecule has 0 atom stereocenters. The Bertz CT molecular complexity index is 1130. The van der Waals surface area contributed by atoms with Crippen LogP contribution in [-0.4, -0.2) is 38.2 Å². The van der Waals surface area contributed by atoms with Crippen LogP contribution in [0.1, 0.15) is 34.1 Å². The van der Waals surface area contributed by atoms with E-state index in [2.05, 4.69) is 18.5 Å². The lowest BCUT2D eigenvalue weighted by Crippen LogP contribution is -2.07. The normalized spacial score (nSPS) is 11.2. The minimum absolute atomic E-state index is 0.183. The van der Waals surface area contributed by atoms with E-state index in [1.165, 1.54) is 18.2 Å². The van der Waals surface area contributed by atoms with Gasteiger partial charge >= 0.3 is 17.9 Å². The molecular weight excluding hydrogens is 462 g/mol. The summed E-state index contributed by atoms with van der Waals surface area (Å²) in [6.45, 7) is 9.15. The van der Waals surface area contributed by atoms with Crippen molar-refractivity contribution < 1.29 is 33.3 Å². The molecule has 0 aliphatic heterocycles. The van der Waals surface area contributed by atoms with Gasteiger partial charge in [-0.05, 0) is 73.7 Å². The largest absolute Gasteiger partial charge is 0.493 e. The molecule has 188 valence electrons. The first-order valence-corrected chi connectivity index (χ1v) is 11.1. The van der Waals surface area contributed by atoms with Crippen LogP contribution in [-0.2, 0) is 19.0 Å². The second-order valence-corrected chi connectivity index (χ2v) is 7.25. The number of hydrogen-bond acceptors (Lipinski definition) is 8. The Labute approximate surface area is 210 Å². The highest BCUT2D eigenvalue weighted by Gasteiger charge is 2.10. The molecule has 0 fully saturated rings. The quantitative estimate of drug-likeness (QED) is 0.102. The smallest absolute Gasteiger partial charge is 0.343 e. The van der Waals surface area contributed by atoms with Crippen LogP contribution in [0.25, 0.3) is 0 Å². The van der Waals surface area contributed by atoms with E-state index in [1.54, 1.807) is 62.5 Å². The van der Waals surface area contributed by atoms with Crippen LogP contribution in [0.15, 0.2) is 97.5 Å². The highest BCUT2D eigenvalue weighted by Crippen LogP contribution is 2.16. The lowest BCUT2D eigenvalue weighted by atomic mass is 10.2. The summed E-state index contributed by atoms with van der Waals surface area (Å²) in [5, 5.41) is 2.98. The molecule has 0 heterocycles. The zero-order chi connectivity index (χ0) is 26.3. The van der Waals surface area contributed by atoms with Gasteiger partial charge in [0.2, 0.25) is 0 Å². The van der Waals surface area contributed by atoms with Crippen LogP contribution in [0.3, 0.4) is 0 Å². The van der Waals surface area contributed by atoms with Crippen molar-refractivity contribution in [3.8, 4) is 5.75 Å². The molecule has 0 aromatic heterocycles. The maximum Gasteiger partial charge on any atom is 0.343 e. The van der Waals surface area contributed by atoms with E-state index in [9.17, 15) is 14.4 Å². The van der Waals surface area contributed by atoms with Gasteiger partial charge in [0, 0.05) is 25.2 Å². The van der Waals surface area contributed by atoms with Crippen LogP contribution in [0.5, 0.6) is 5.75 Å². The number of allylic oxidation sites excluding steroid dienone is 4. The van der Waals surface area contributed by atoms with E-state index < -0.39 is 17.9 Å². The molecule has 0 bridgehead atoms. The standard InChI is InChI=1S/C28H29NO7/c1-5-24(15-8-20(3)35-27(31)21-9-13-23(29-4)14-10-21)36-28(32)22-11-16-25(17-12-22)33-18-7-19-34-26(30)6-2/h5-6,8-17,29H,1-2,7,18-19H2,3-4H3/b20-8+,24-15+. The van der Waals surface area contributed by atoms with Crippen molar-refractivity contribution in [2.24, 2.45) is 0 Å². The van der Waals surface area contributed by atoms with Gasteiger partial charge in [0.15, 0.2) is 0 Å². The summed E-state index contributed by atoms with van der Waals surface area (Å²) in [5.74, 6) is -0.513. The summed E-state index contributed by atoms with van der Waals surface area (Å²) >= 11 is 0. The van der Waals surface area contributed by atoms with E-state index >= 15 is 0 Å². The Kier molecular flexibility index (Phi) is 11.2. The number of esters is 3. The summed E-state index contributed by atoms with van der Waals surface area (Å²) in [5.41, 5.74) is 1.60. The first-order valence-electron chi connectivity index (χ1n) is 11.1. The zero-order valence-corrected chi connectivity index (χ0v) is 20.3. The van der Waals surface area contributed by atoms with E-state index in [-0.39, 0.29) is 12.4 Å². The molecule has 8 nitrogen and oxygen atoms in total. The molecule has 0 unspecified atom stereocenters. The minimum Gasteiger partial charge on any atom is -0.493 e. The van der Waals surface area contributed by atoms with Crippen molar-refractivity contribution in [2.45, 2.75) is 13.3 Å². The molecule has 2 aromatic rings. The Morgan fingerprint density at radius 1 is 0.833 bits per heavy atom. The van der Waals surface area contributed by atoms with Gasteiger partial charge < -0.3 is 24.3 Å². The van der Waals surface area contributed by atoms with Gasteiger partial charge in [-0.25, -0.2) is 14.4 Å². The summed E-state index contributed by atoms with van der Waals surface area (Å²) in [4.78, 5) is 35.7. The third-order valence-electron chi connectivity index (χ3n) is 4.62. The molecule has 0 saturated heterocycles. The molecule has 36 heavy (non-hydrogen) atoms. The molecular formula is C28H29NO7. The lowest BCUT2D eigenvalue weighted by molar-refractivity contribution is -0.137. The predicted molar refractivity (Wildman–Crippen MR) is 137 cm³/mol. The van der Waals surface area contributed by atoms with Crippen molar-refractivity contribution in [1.82, 2.24) is 0 Å². The molecule has 0 amide bonds. The number of nitrogens with one attached hydrogen (secondary N) is 1. The molecule has 2 rings (SSSR count). The number of benzene rings is 2. The summed E-state index contributed by atoms with van der Waals surface area (Å²) < 4.78 is 21.1. The van der Waals surface area contributed by atoms with E-state index in [1.807, 2.05) is 0 Å².